The minimum atomic E-state index is -4.62. The normalized spacial score (nSPS) is 14.1. The van der Waals surface area contributed by atoms with Gasteiger partial charge in [-0.05, 0) is 77.0 Å². The van der Waals surface area contributed by atoms with E-state index in [0.717, 1.165) is 57.8 Å². The van der Waals surface area contributed by atoms with E-state index in [-0.39, 0.29) is 13.0 Å². The van der Waals surface area contributed by atoms with E-state index in [0.29, 0.717) is 13.0 Å². The maximum absolute atomic E-state index is 12.7. The van der Waals surface area contributed by atoms with Crippen molar-refractivity contribution >= 4 is 19.8 Å². The molecule has 11 heteroatoms. The fourth-order valence-electron chi connectivity index (χ4n) is 7.08. The molecule has 0 saturated heterocycles. The van der Waals surface area contributed by atoms with Gasteiger partial charge in [0.1, 0.15) is 12.1 Å². The van der Waals surface area contributed by atoms with E-state index < -0.39 is 45.1 Å². The molecule has 0 aromatic heterocycles. The second-order valence-electron chi connectivity index (χ2n) is 17.3. The maximum atomic E-state index is 12.7. The summed E-state index contributed by atoms with van der Waals surface area (Å²) in [6, 6.07) is -1.48. The average Bonchev–Trinajstić information content (AvgIpc) is 3.26. The van der Waals surface area contributed by atoms with Crippen LogP contribution in [0.3, 0.4) is 0 Å². The van der Waals surface area contributed by atoms with Gasteiger partial charge >= 0.3 is 19.8 Å². The molecule has 0 aromatic carbocycles. The lowest BCUT2D eigenvalue weighted by atomic mass is 10.1. The Labute approximate surface area is 386 Å². The Balaban J connectivity index is 4.15. The van der Waals surface area contributed by atoms with Crippen molar-refractivity contribution < 1.29 is 42.7 Å². The van der Waals surface area contributed by atoms with E-state index in [4.69, 9.17) is 29.4 Å². The molecule has 3 unspecified atom stereocenters. The Bertz CT molecular complexity index is 1190. The smallest absolute Gasteiger partial charge is 0.472 e. The molecule has 0 rings (SSSR count). The van der Waals surface area contributed by atoms with E-state index in [9.17, 15) is 19.0 Å². The maximum Gasteiger partial charge on any atom is 0.472 e. The van der Waals surface area contributed by atoms with Crippen molar-refractivity contribution in [3.05, 3.63) is 48.6 Å². The number of hydrogen-bond acceptors (Lipinski definition) is 8. The summed E-state index contributed by atoms with van der Waals surface area (Å²) in [5, 5.41) is 8.93. The number of allylic oxidation sites excluding steroid dienone is 8. The van der Waals surface area contributed by atoms with Crippen LogP contribution < -0.4 is 5.73 Å². The van der Waals surface area contributed by atoms with Crippen LogP contribution in [0.4, 0.5) is 0 Å². The van der Waals surface area contributed by atoms with Crippen LogP contribution >= 0.6 is 7.82 Å². The number of carbonyl (C=O) groups excluding carboxylic acids is 1. The first-order valence-corrected chi connectivity index (χ1v) is 27.2. The molecule has 0 spiro atoms. The van der Waals surface area contributed by atoms with Gasteiger partial charge in [-0.3, -0.25) is 18.6 Å². The quantitative estimate of drug-likeness (QED) is 0.0232. The standard InChI is InChI=1S/C52H96NO9P/c1-3-5-7-9-11-13-15-17-19-21-23-24-25-27-29-31-33-35-37-39-41-43-45-59-46-49(47-60-63(57,58)61-48-50(53)52(55)56)62-51(54)44-42-40-38-36-34-32-30-28-26-22-20-18-16-14-12-10-8-6-4-2/h12,14-15,17-18,20-21,23,49-50H,3-11,13,16,19,22,24-48,53H2,1-2H3,(H,55,56)(H,57,58)/b14-12-,17-15-,20-18-,23-21-. The van der Waals surface area contributed by atoms with Crippen molar-refractivity contribution in [1.29, 1.82) is 0 Å². The van der Waals surface area contributed by atoms with Crippen LogP contribution in [-0.2, 0) is 32.7 Å². The fraction of sp³-hybridized carbons (Fsp3) is 0.808. The molecule has 0 bridgehead atoms. The van der Waals surface area contributed by atoms with E-state index >= 15 is 0 Å². The zero-order valence-corrected chi connectivity index (χ0v) is 41.3. The van der Waals surface area contributed by atoms with Gasteiger partial charge in [0.05, 0.1) is 19.8 Å². The first kappa shape index (κ1) is 60.9. The van der Waals surface area contributed by atoms with Crippen molar-refractivity contribution in [2.24, 2.45) is 5.73 Å². The number of carbonyl (C=O) groups is 2. The Hall–Kier alpha value is -2.07. The zero-order valence-electron chi connectivity index (χ0n) is 40.4. The molecule has 0 saturated carbocycles. The number of esters is 1. The molecule has 0 aliphatic carbocycles. The first-order valence-electron chi connectivity index (χ1n) is 25.7. The average molecular weight is 910 g/mol. The Kier molecular flexibility index (Phi) is 46.3. The minimum Gasteiger partial charge on any atom is -0.480 e. The van der Waals surface area contributed by atoms with Gasteiger partial charge < -0.3 is 25.2 Å². The van der Waals surface area contributed by atoms with Crippen LogP contribution in [0.2, 0.25) is 0 Å². The van der Waals surface area contributed by atoms with Crippen LogP contribution in [-0.4, -0.2) is 60.5 Å². The van der Waals surface area contributed by atoms with Crippen LogP contribution in [0.25, 0.3) is 0 Å². The number of ether oxygens (including phenoxy) is 2. The van der Waals surface area contributed by atoms with E-state index in [1.165, 1.54) is 148 Å². The second-order valence-corrected chi connectivity index (χ2v) is 18.7. The monoisotopic (exact) mass is 910 g/mol. The van der Waals surface area contributed by atoms with Crippen molar-refractivity contribution in [3.8, 4) is 0 Å². The molecule has 0 fully saturated rings. The number of phosphoric ester groups is 1. The first-order chi connectivity index (χ1) is 30.7. The summed E-state index contributed by atoms with van der Waals surface area (Å²) >= 11 is 0. The molecule has 10 nitrogen and oxygen atoms in total. The van der Waals surface area contributed by atoms with Crippen molar-refractivity contribution in [1.82, 2.24) is 0 Å². The number of hydrogen-bond donors (Lipinski definition) is 3. The second kappa shape index (κ2) is 47.9. The highest BCUT2D eigenvalue weighted by atomic mass is 31.2. The molecule has 0 amide bonds. The minimum absolute atomic E-state index is 0.0132. The fourth-order valence-corrected chi connectivity index (χ4v) is 7.86. The van der Waals surface area contributed by atoms with E-state index in [2.05, 4.69) is 62.5 Å². The van der Waals surface area contributed by atoms with Gasteiger partial charge in [0.15, 0.2) is 0 Å². The molecule has 0 aliphatic rings. The van der Waals surface area contributed by atoms with Crippen LogP contribution in [0, 0.1) is 0 Å². The van der Waals surface area contributed by atoms with Crippen molar-refractivity contribution in [2.75, 3.05) is 26.4 Å². The molecule has 368 valence electrons. The highest BCUT2D eigenvalue weighted by Crippen LogP contribution is 2.43. The van der Waals surface area contributed by atoms with Gasteiger partial charge in [-0.25, -0.2) is 4.57 Å². The third-order valence-electron chi connectivity index (χ3n) is 11.1. The summed E-state index contributed by atoms with van der Waals surface area (Å²) < 4.78 is 33.5. The molecule has 0 radical (unpaired) electrons. The third-order valence-corrected chi connectivity index (χ3v) is 12.0. The van der Waals surface area contributed by atoms with Gasteiger partial charge in [-0.2, -0.15) is 0 Å². The van der Waals surface area contributed by atoms with Crippen molar-refractivity contribution in [3.63, 3.8) is 0 Å². The number of nitrogens with two attached hydrogens (primary N) is 1. The van der Waals surface area contributed by atoms with Crippen LogP contribution in [0.5, 0.6) is 0 Å². The molecular weight excluding hydrogens is 814 g/mol. The number of rotatable bonds is 49. The van der Waals surface area contributed by atoms with E-state index in [1.807, 2.05) is 0 Å². The summed E-state index contributed by atoms with van der Waals surface area (Å²) in [5.41, 5.74) is 5.37. The molecule has 0 aliphatic heterocycles. The zero-order chi connectivity index (χ0) is 46.2. The van der Waals surface area contributed by atoms with Gasteiger partial charge in [0.2, 0.25) is 0 Å². The largest absolute Gasteiger partial charge is 0.480 e. The molecule has 63 heavy (non-hydrogen) atoms. The Morgan fingerprint density at radius 1 is 0.508 bits per heavy atom. The van der Waals surface area contributed by atoms with Crippen LogP contribution in [0.1, 0.15) is 232 Å². The third kappa shape index (κ3) is 47.7. The van der Waals surface area contributed by atoms with Crippen molar-refractivity contribution in [2.45, 2.75) is 244 Å². The number of aliphatic carboxylic acids is 1. The lowest BCUT2D eigenvalue weighted by Gasteiger charge is -2.20. The number of carboxylic acids is 1. The molecule has 0 aromatic rings. The van der Waals surface area contributed by atoms with Gasteiger partial charge in [-0.15, -0.1) is 0 Å². The number of carboxylic acid groups (broad SMARTS) is 1. The van der Waals surface area contributed by atoms with Gasteiger partial charge in [0.25, 0.3) is 0 Å². The Morgan fingerprint density at radius 3 is 1.32 bits per heavy atom. The molecular formula is C52H96NO9P. The number of phosphoric acid groups is 1. The predicted molar refractivity (Wildman–Crippen MR) is 263 cm³/mol. The SMILES string of the molecule is CCCCC/C=C\C/C=C\CCCCCCCCCCCC(=O)OC(COCCCCCCCCCCCC/C=C\C/C=C\CCCCCCC)COP(=O)(O)OCC(N)C(=O)O. The highest BCUT2D eigenvalue weighted by Gasteiger charge is 2.27. The van der Waals surface area contributed by atoms with Gasteiger partial charge in [-0.1, -0.05) is 197 Å². The molecule has 4 N–H and O–H groups in total. The molecule has 0 heterocycles. The van der Waals surface area contributed by atoms with Crippen LogP contribution in [0.15, 0.2) is 48.6 Å². The summed E-state index contributed by atoms with van der Waals surface area (Å²) in [6.45, 7) is 3.86. The lowest BCUT2D eigenvalue weighted by molar-refractivity contribution is -0.154. The topological polar surface area (TPSA) is 155 Å². The van der Waals surface area contributed by atoms with E-state index in [1.54, 1.807) is 0 Å². The lowest BCUT2D eigenvalue weighted by Crippen LogP contribution is -2.34. The molecule has 3 atom stereocenters. The summed E-state index contributed by atoms with van der Waals surface area (Å²) in [6.07, 6.45) is 57.3. The number of unbranched alkanes of at least 4 members (excludes halogenated alkanes) is 27. The van der Waals surface area contributed by atoms with Gasteiger partial charge in [0, 0.05) is 13.0 Å². The summed E-state index contributed by atoms with van der Waals surface area (Å²) in [5.74, 6) is -1.78. The Morgan fingerprint density at radius 2 is 0.873 bits per heavy atom. The predicted octanol–water partition coefficient (Wildman–Crippen LogP) is 15.0. The summed E-state index contributed by atoms with van der Waals surface area (Å²) in [4.78, 5) is 33.7. The summed E-state index contributed by atoms with van der Waals surface area (Å²) in [7, 11) is -4.62. The highest BCUT2D eigenvalue weighted by molar-refractivity contribution is 7.47.